The fourth-order valence-corrected chi connectivity index (χ4v) is 15.2. The molecule has 7 heteroatoms. The number of hydrogen-bond donors (Lipinski definition) is 1. The molecule has 0 spiro atoms. The van der Waals surface area contributed by atoms with Crippen molar-refractivity contribution in [1.29, 1.82) is 0 Å². The number of benzene rings is 11. The molecule has 4 aromatic heterocycles. The van der Waals surface area contributed by atoms with E-state index in [4.69, 9.17) is 4.74 Å². The fraction of sp³-hybridized carbons (Fsp3) is 0. The van der Waals surface area contributed by atoms with Crippen LogP contribution >= 0.6 is 0 Å². The second-order valence-corrected chi connectivity index (χ2v) is 21.8. The highest BCUT2D eigenvalue weighted by Gasteiger charge is 2.36. The van der Waals surface area contributed by atoms with E-state index in [0.717, 1.165) is 93.3 Å². The first kappa shape index (κ1) is 40.3. The Balaban J connectivity index is 0.949. The van der Waals surface area contributed by atoms with Crippen LogP contribution in [0.1, 0.15) is 0 Å². The third kappa shape index (κ3) is 5.49. The maximum atomic E-state index is 16.5. The standard InChI is InChI=1S/C66H42N4O2S/c71-73(46-22-8-3-9-23-46)61-38-32-44(69-53-28-14-10-24-47(53)49-34-36-57-63(65(49)69)51-26-12-16-30-55(51)67(57)42-18-4-1-5-19-42)40-59(61)72-60-41-45(33-39-62(60)73)70-54-29-15-11-25-48(54)50-35-37-58-64(66(50)70)52-27-13-17-31-56(52)68(58)43-20-6-2-7-21-43/h1-41,73H. The zero-order valence-corrected chi connectivity index (χ0v) is 40.1. The van der Waals surface area contributed by atoms with Crippen LogP contribution < -0.4 is 4.74 Å². The number of fused-ring (bicyclic) bond motifs is 16. The lowest BCUT2D eigenvalue weighted by atomic mass is 10.1. The third-order valence-electron chi connectivity index (χ3n) is 15.4. The van der Waals surface area contributed by atoms with E-state index in [1.807, 2.05) is 30.3 Å². The Bertz CT molecular complexity index is 4570. The van der Waals surface area contributed by atoms with E-state index >= 15 is 4.21 Å². The molecule has 0 fully saturated rings. The van der Waals surface area contributed by atoms with E-state index in [9.17, 15) is 0 Å². The van der Waals surface area contributed by atoms with E-state index in [1.165, 1.54) is 21.5 Å². The molecule has 0 aliphatic carbocycles. The first-order valence-corrected chi connectivity index (χ1v) is 26.5. The van der Waals surface area contributed by atoms with Gasteiger partial charge in [0, 0.05) is 82.9 Å². The van der Waals surface area contributed by atoms with Crippen LogP contribution in [-0.2, 0) is 9.93 Å². The fourth-order valence-electron chi connectivity index (χ4n) is 12.4. The SMILES string of the molecule is O=[SH]1(c2ccccc2)c2ccc(-n3c4ccccc4c4ccc5c(c6ccccc6n5-c5ccccc5)c43)cc2Oc2cc(-n3c4ccccc4c4ccc5c(c6ccccc6n5-c5ccccc5)c43)ccc21. The van der Waals surface area contributed by atoms with E-state index in [1.54, 1.807) is 0 Å². The lowest BCUT2D eigenvalue weighted by Gasteiger charge is -2.33. The van der Waals surface area contributed by atoms with Crippen molar-refractivity contribution in [2.24, 2.45) is 0 Å². The first-order chi connectivity index (χ1) is 36.1. The maximum Gasteiger partial charge on any atom is 0.144 e. The molecule has 1 aliphatic heterocycles. The van der Waals surface area contributed by atoms with Crippen molar-refractivity contribution in [3.63, 3.8) is 0 Å². The van der Waals surface area contributed by atoms with E-state index in [-0.39, 0.29) is 0 Å². The summed E-state index contributed by atoms with van der Waals surface area (Å²) in [5.41, 5.74) is 13.0. The summed E-state index contributed by atoms with van der Waals surface area (Å²) < 4.78 is 33.3. The van der Waals surface area contributed by atoms with Crippen LogP contribution in [0.4, 0.5) is 0 Å². The molecule has 5 heterocycles. The van der Waals surface area contributed by atoms with Crippen LogP contribution in [0.3, 0.4) is 0 Å². The van der Waals surface area contributed by atoms with Gasteiger partial charge >= 0.3 is 0 Å². The van der Waals surface area contributed by atoms with Crippen LogP contribution in [0.2, 0.25) is 0 Å². The Morgan fingerprint density at radius 2 is 0.658 bits per heavy atom. The second-order valence-electron chi connectivity index (χ2n) is 19.1. The summed E-state index contributed by atoms with van der Waals surface area (Å²) in [6, 6.07) is 87.6. The minimum absolute atomic E-state index is 0.578. The molecule has 73 heavy (non-hydrogen) atoms. The minimum Gasteiger partial charge on any atom is -0.455 e. The summed E-state index contributed by atoms with van der Waals surface area (Å²) >= 11 is 0. The van der Waals surface area contributed by atoms with Gasteiger partial charge in [0.15, 0.2) is 0 Å². The second kappa shape index (κ2) is 15.0. The van der Waals surface area contributed by atoms with Gasteiger partial charge in [-0.3, -0.25) is 4.21 Å². The van der Waals surface area contributed by atoms with Crippen LogP contribution in [-0.4, -0.2) is 22.5 Å². The van der Waals surface area contributed by atoms with Crippen molar-refractivity contribution < 1.29 is 8.95 Å². The minimum atomic E-state index is -3.49. The van der Waals surface area contributed by atoms with Crippen LogP contribution in [0, 0.1) is 0 Å². The maximum absolute atomic E-state index is 16.5. The van der Waals surface area contributed by atoms with Crippen LogP contribution in [0.25, 0.3) is 110 Å². The Morgan fingerprint density at radius 1 is 0.288 bits per heavy atom. The molecule has 16 rings (SSSR count). The average Bonchev–Trinajstić information content (AvgIpc) is 4.19. The Hall–Kier alpha value is -9.43. The van der Waals surface area contributed by atoms with Gasteiger partial charge in [-0.2, -0.15) is 0 Å². The number of hydrogen-bond acceptors (Lipinski definition) is 2. The van der Waals surface area contributed by atoms with Crippen molar-refractivity contribution in [3.8, 4) is 34.2 Å². The van der Waals surface area contributed by atoms with E-state index in [2.05, 4.69) is 237 Å². The summed E-state index contributed by atoms with van der Waals surface area (Å²) in [5.74, 6) is 1.16. The zero-order valence-electron chi connectivity index (χ0n) is 39.2. The number of aromatic nitrogens is 4. The number of ether oxygens (including phenoxy) is 1. The summed E-state index contributed by atoms with van der Waals surface area (Å²) in [6.07, 6.45) is 0. The normalized spacial score (nSPS) is 13.6. The number of nitrogens with zero attached hydrogens (tertiary/aromatic N) is 4. The molecular formula is C66H42N4O2S. The van der Waals surface area contributed by atoms with Gasteiger partial charge in [0.1, 0.15) is 11.5 Å². The molecule has 0 atom stereocenters. The largest absolute Gasteiger partial charge is 0.455 e. The molecule has 0 amide bonds. The molecule has 0 bridgehead atoms. The molecule has 6 nitrogen and oxygen atoms in total. The quantitative estimate of drug-likeness (QED) is 0.175. The first-order valence-electron chi connectivity index (χ1n) is 24.8. The summed E-state index contributed by atoms with van der Waals surface area (Å²) in [4.78, 5) is 2.13. The molecule has 0 saturated heterocycles. The predicted molar refractivity (Wildman–Crippen MR) is 301 cm³/mol. The third-order valence-corrected chi connectivity index (χ3v) is 18.5. The van der Waals surface area contributed by atoms with Gasteiger partial charge in [0.2, 0.25) is 0 Å². The highest BCUT2D eigenvalue weighted by Crippen LogP contribution is 2.53. The summed E-state index contributed by atoms with van der Waals surface area (Å²) in [6.45, 7) is 0. The summed E-state index contributed by atoms with van der Waals surface area (Å²) in [5, 5.41) is 9.33. The molecule has 0 unspecified atom stereocenters. The van der Waals surface area contributed by atoms with Gasteiger partial charge in [0.25, 0.3) is 0 Å². The van der Waals surface area contributed by atoms with Gasteiger partial charge in [-0.25, -0.2) is 0 Å². The smallest absolute Gasteiger partial charge is 0.144 e. The van der Waals surface area contributed by atoms with E-state index in [0.29, 0.717) is 21.3 Å². The molecular weight excluding hydrogens is 913 g/mol. The monoisotopic (exact) mass is 954 g/mol. The van der Waals surface area contributed by atoms with Crippen molar-refractivity contribution in [1.82, 2.24) is 18.3 Å². The molecule has 1 aliphatic rings. The molecule has 0 N–H and O–H groups in total. The van der Waals surface area contributed by atoms with Crippen LogP contribution in [0.5, 0.6) is 11.5 Å². The molecule has 0 radical (unpaired) electrons. The van der Waals surface area contributed by atoms with Gasteiger partial charge in [-0.1, -0.05) is 140 Å². The van der Waals surface area contributed by atoms with Gasteiger partial charge in [-0.05, 0) is 107 Å². The van der Waals surface area contributed by atoms with Gasteiger partial charge in [0.05, 0.1) is 53.9 Å². The van der Waals surface area contributed by atoms with Crippen molar-refractivity contribution in [3.05, 3.63) is 249 Å². The molecule has 15 aromatic rings. The number of rotatable bonds is 5. The Labute approximate surface area is 419 Å². The number of para-hydroxylation sites is 6. The molecule has 0 saturated carbocycles. The van der Waals surface area contributed by atoms with Crippen LogP contribution in [0.15, 0.2) is 263 Å². The van der Waals surface area contributed by atoms with E-state index < -0.39 is 9.93 Å². The average molecular weight is 955 g/mol. The Morgan fingerprint density at radius 3 is 1.10 bits per heavy atom. The highest BCUT2D eigenvalue weighted by molar-refractivity contribution is 8.03. The van der Waals surface area contributed by atoms with Crippen molar-refractivity contribution in [2.75, 3.05) is 0 Å². The highest BCUT2D eigenvalue weighted by atomic mass is 32.2. The topological polar surface area (TPSA) is 46.0 Å². The number of thiol groups is 1. The van der Waals surface area contributed by atoms with Gasteiger partial charge in [-0.15, -0.1) is 0 Å². The molecule has 11 aromatic carbocycles. The predicted octanol–water partition coefficient (Wildman–Crippen LogP) is 16.7. The lowest BCUT2D eigenvalue weighted by molar-refractivity contribution is 0.447. The Kier molecular flexibility index (Phi) is 8.31. The van der Waals surface area contributed by atoms with Crippen molar-refractivity contribution >= 4 is 97.2 Å². The lowest BCUT2D eigenvalue weighted by Crippen LogP contribution is -2.20. The van der Waals surface area contributed by atoms with Gasteiger partial charge < -0.3 is 23.0 Å². The van der Waals surface area contributed by atoms with Crippen molar-refractivity contribution in [2.45, 2.75) is 14.7 Å². The summed E-state index contributed by atoms with van der Waals surface area (Å²) in [7, 11) is -3.49. The molecule has 344 valence electrons. The zero-order chi connectivity index (χ0) is 47.9.